The van der Waals surface area contributed by atoms with E-state index in [4.69, 9.17) is 10.5 Å². The number of ether oxygens (including phenoxy) is 1. The van der Waals surface area contributed by atoms with Gasteiger partial charge in [0.15, 0.2) is 0 Å². The van der Waals surface area contributed by atoms with Gasteiger partial charge in [-0.15, -0.1) is 0 Å². The van der Waals surface area contributed by atoms with Crippen molar-refractivity contribution in [2.24, 2.45) is 5.73 Å². The van der Waals surface area contributed by atoms with Gasteiger partial charge in [-0.3, -0.25) is 0 Å². The van der Waals surface area contributed by atoms with Crippen LogP contribution in [0.15, 0.2) is 30.3 Å². The second-order valence-corrected chi connectivity index (χ2v) is 4.76. The highest BCUT2D eigenvalue weighted by molar-refractivity contribution is 7.99. The summed E-state index contributed by atoms with van der Waals surface area (Å²) in [7, 11) is 0. The fraction of sp³-hybridized carbons (Fsp3) is 0.500. The Morgan fingerprint density at radius 3 is 2.67 bits per heavy atom. The molecule has 1 aromatic carbocycles. The third kappa shape index (κ3) is 6.42. The van der Waals surface area contributed by atoms with Crippen LogP contribution in [-0.4, -0.2) is 24.2 Å². The monoisotopic (exact) mass is 225 g/mol. The summed E-state index contributed by atoms with van der Waals surface area (Å²) in [4.78, 5) is 0. The standard InChI is InChI=1S/C12H19NOS/c1-11(13)7-9-15-10-8-14-12-5-3-2-4-6-12/h2-6,11H,7-10,13H2,1H3. The van der Waals surface area contributed by atoms with Crippen molar-refractivity contribution in [3.8, 4) is 5.75 Å². The molecule has 2 N–H and O–H groups in total. The SMILES string of the molecule is CC(N)CCSCCOc1ccccc1. The van der Waals surface area contributed by atoms with Gasteiger partial charge in [0.25, 0.3) is 0 Å². The number of para-hydroxylation sites is 1. The summed E-state index contributed by atoms with van der Waals surface area (Å²) in [6.07, 6.45) is 1.08. The molecule has 1 aromatic rings. The molecule has 0 bridgehead atoms. The first kappa shape index (κ1) is 12.4. The largest absolute Gasteiger partial charge is 0.493 e. The maximum absolute atomic E-state index is 5.65. The molecule has 0 amide bonds. The molecule has 2 nitrogen and oxygen atoms in total. The van der Waals surface area contributed by atoms with Gasteiger partial charge in [-0.05, 0) is 31.2 Å². The molecule has 1 atom stereocenters. The Morgan fingerprint density at radius 2 is 2.00 bits per heavy atom. The Kier molecular flexibility index (Phi) is 6.28. The zero-order chi connectivity index (χ0) is 10.9. The lowest BCUT2D eigenvalue weighted by atomic mass is 10.3. The van der Waals surface area contributed by atoms with Crippen LogP contribution in [0.25, 0.3) is 0 Å². The lowest BCUT2D eigenvalue weighted by molar-refractivity contribution is 0.344. The minimum absolute atomic E-state index is 0.313. The van der Waals surface area contributed by atoms with Crippen LogP contribution < -0.4 is 10.5 Å². The van der Waals surface area contributed by atoms with Gasteiger partial charge in [0.2, 0.25) is 0 Å². The summed E-state index contributed by atoms with van der Waals surface area (Å²) >= 11 is 1.90. The molecule has 0 saturated carbocycles. The minimum atomic E-state index is 0.313. The molecule has 84 valence electrons. The van der Waals surface area contributed by atoms with E-state index in [2.05, 4.69) is 0 Å². The van der Waals surface area contributed by atoms with Crippen LogP contribution >= 0.6 is 11.8 Å². The van der Waals surface area contributed by atoms with Gasteiger partial charge in [-0.25, -0.2) is 0 Å². The zero-order valence-corrected chi connectivity index (χ0v) is 10.0. The summed E-state index contributed by atoms with van der Waals surface area (Å²) in [5.41, 5.74) is 5.65. The van der Waals surface area contributed by atoms with E-state index in [0.29, 0.717) is 6.04 Å². The van der Waals surface area contributed by atoms with Crippen LogP contribution in [0.3, 0.4) is 0 Å². The van der Waals surface area contributed by atoms with E-state index in [0.717, 1.165) is 30.3 Å². The minimum Gasteiger partial charge on any atom is -0.493 e. The molecule has 0 saturated heterocycles. The molecule has 0 aliphatic heterocycles. The molecule has 0 aliphatic rings. The lowest BCUT2D eigenvalue weighted by Gasteiger charge is -2.06. The first-order chi connectivity index (χ1) is 7.29. The van der Waals surface area contributed by atoms with Crippen LogP contribution in [0.1, 0.15) is 13.3 Å². The van der Waals surface area contributed by atoms with Crippen molar-refractivity contribution < 1.29 is 4.74 Å². The topological polar surface area (TPSA) is 35.2 Å². The molecule has 1 unspecified atom stereocenters. The van der Waals surface area contributed by atoms with Crippen LogP contribution in [0.2, 0.25) is 0 Å². The lowest BCUT2D eigenvalue weighted by Crippen LogP contribution is -2.15. The summed E-state index contributed by atoms with van der Waals surface area (Å²) in [6, 6.07) is 10.2. The number of hydrogen-bond donors (Lipinski definition) is 1. The van der Waals surface area contributed by atoms with E-state index in [1.54, 1.807) is 0 Å². The van der Waals surface area contributed by atoms with Gasteiger partial charge >= 0.3 is 0 Å². The Bertz CT molecular complexity index is 251. The van der Waals surface area contributed by atoms with Crippen LogP contribution in [-0.2, 0) is 0 Å². The normalized spacial score (nSPS) is 12.4. The molecule has 0 radical (unpaired) electrons. The maximum atomic E-state index is 5.65. The molecule has 0 spiro atoms. The van der Waals surface area contributed by atoms with Crippen molar-refractivity contribution in [1.82, 2.24) is 0 Å². The van der Waals surface area contributed by atoms with Crippen LogP contribution in [0, 0.1) is 0 Å². The van der Waals surface area contributed by atoms with Gasteiger partial charge < -0.3 is 10.5 Å². The summed E-state index contributed by atoms with van der Waals surface area (Å²) in [6.45, 7) is 2.81. The number of benzene rings is 1. The van der Waals surface area contributed by atoms with Crippen LogP contribution in [0.4, 0.5) is 0 Å². The van der Waals surface area contributed by atoms with Crippen molar-refractivity contribution in [2.45, 2.75) is 19.4 Å². The van der Waals surface area contributed by atoms with Crippen molar-refractivity contribution in [2.75, 3.05) is 18.1 Å². The predicted molar refractivity (Wildman–Crippen MR) is 67.5 cm³/mol. The van der Waals surface area contributed by atoms with Crippen LogP contribution in [0.5, 0.6) is 5.75 Å². The molecular weight excluding hydrogens is 206 g/mol. The van der Waals surface area contributed by atoms with Gasteiger partial charge in [-0.2, -0.15) is 11.8 Å². The maximum Gasteiger partial charge on any atom is 0.119 e. The third-order valence-electron chi connectivity index (χ3n) is 1.96. The van der Waals surface area contributed by atoms with E-state index in [1.807, 2.05) is 49.0 Å². The number of nitrogens with two attached hydrogens (primary N) is 1. The number of hydrogen-bond acceptors (Lipinski definition) is 3. The molecule has 0 aliphatic carbocycles. The van der Waals surface area contributed by atoms with Gasteiger partial charge in [-0.1, -0.05) is 18.2 Å². The van der Waals surface area contributed by atoms with Crippen molar-refractivity contribution >= 4 is 11.8 Å². The van der Waals surface area contributed by atoms with Gasteiger partial charge in [0.1, 0.15) is 5.75 Å². The Hall–Kier alpha value is -0.670. The van der Waals surface area contributed by atoms with E-state index in [1.165, 1.54) is 0 Å². The average Bonchev–Trinajstić information content (AvgIpc) is 2.24. The third-order valence-corrected chi connectivity index (χ3v) is 2.94. The Labute approximate surface area is 96.2 Å². The van der Waals surface area contributed by atoms with Crippen molar-refractivity contribution in [3.63, 3.8) is 0 Å². The molecule has 15 heavy (non-hydrogen) atoms. The fourth-order valence-electron chi connectivity index (χ4n) is 1.11. The molecule has 3 heteroatoms. The number of thioether (sulfide) groups is 1. The van der Waals surface area contributed by atoms with E-state index < -0.39 is 0 Å². The fourth-order valence-corrected chi connectivity index (χ4v) is 2.05. The predicted octanol–water partition coefficient (Wildman–Crippen LogP) is 2.54. The Balaban J connectivity index is 1.98. The first-order valence-electron chi connectivity index (χ1n) is 5.30. The number of rotatable bonds is 7. The molecule has 0 fully saturated rings. The highest BCUT2D eigenvalue weighted by Gasteiger charge is 1.95. The summed E-state index contributed by atoms with van der Waals surface area (Å²) < 4.78 is 5.56. The highest BCUT2D eigenvalue weighted by atomic mass is 32.2. The molecule has 1 rings (SSSR count). The second kappa shape index (κ2) is 7.60. The van der Waals surface area contributed by atoms with E-state index in [9.17, 15) is 0 Å². The van der Waals surface area contributed by atoms with Gasteiger partial charge in [0, 0.05) is 11.8 Å². The second-order valence-electron chi connectivity index (χ2n) is 3.54. The van der Waals surface area contributed by atoms with Gasteiger partial charge in [0.05, 0.1) is 6.61 Å². The molecular formula is C12H19NOS. The zero-order valence-electron chi connectivity index (χ0n) is 9.19. The van der Waals surface area contributed by atoms with Crippen molar-refractivity contribution in [1.29, 1.82) is 0 Å². The highest BCUT2D eigenvalue weighted by Crippen LogP contribution is 2.09. The molecule has 0 aromatic heterocycles. The summed E-state index contributed by atoms with van der Waals surface area (Å²) in [5, 5.41) is 0. The molecule has 0 heterocycles. The van der Waals surface area contributed by atoms with E-state index in [-0.39, 0.29) is 0 Å². The van der Waals surface area contributed by atoms with E-state index >= 15 is 0 Å². The average molecular weight is 225 g/mol. The Morgan fingerprint density at radius 1 is 1.27 bits per heavy atom. The smallest absolute Gasteiger partial charge is 0.119 e. The first-order valence-corrected chi connectivity index (χ1v) is 6.45. The quantitative estimate of drug-likeness (QED) is 0.724. The van der Waals surface area contributed by atoms with Crippen molar-refractivity contribution in [3.05, 3.63) is 30.3 Å². The summed E-state index contributed by atoms with van der Waals surface area (Å²) in [5.74, 6) is 3.10.